The lowest BCUT2D eigenvalue weighted by Gasteiger charge is -2.29. The summed E-state index contributed by atoms with van der Waals surface area (Å²) < 4.78 is 26.4. The summed E-state index contributed by atoms with van der Waals surface area (Å²) in [5.41, 5.74) is -0.893. The van der Waals surface area contributed by atoms with Crippen LogP contribution in [0.5, 0.6) is 0 Å². The van der Waals surface area contributed by atoms with Crippen molar-refractivity contribution in [2.75, 3.05) is 0 Å². The molecule has 1 aliphatic rings. The Labute approximate surface area is 98.3 Å². The van der Waals surface area contributed by atoms with E-state index in [2.05, 4.69) is 0 Å². The zero-order valence-electron chi connectivity index (χ0n) is 9.54. The first kappa shape index (κ1) is 12.0. The summed E-state index contributed by atoms with van der Waals surface area (Å²) >= 11 is 0. The molecule has 1 fully saturated rings. The zero-order valence-corrected chi connectivity index (χ0v) is 9.54. The molecule has 2 atom stereocenters. The molecule has 1 aromatic carbocycles. The van der Waals surface area contributed by atoms with Crippen molar-refractivity contribution < 1.29 is 18.7 Å². The Balaban J connectivity index is 2.57. The van der Waals surface area contributed by atoms with Crippen LogP contribution < -0.4 is 0 Å². The summed E-state index contributed by atoms with van der Waals surface area (Å²) in [6.07, 6.45) is 1.97. The summed E-state index contributed by atoms with van der Waals surface area (Å²) in [5.74, 6) is -2.55. The summed E-state index contributed by atoms with van der Waals surface area (Å²) in [5, 5.41) is 9.42. The fraction of sp³-hybridized carbons (Fsp3) is 0.462. The van der Waals surface area contributed by atoms with Crippen LogP contribution in [0.1, 0.15) is 31.7 Å². The van der Waals surface area contributed by atoms with Crippen molar-refractivity contribution in [3.05, 3.63) is 35.4 Å². The predicted octanol–water partition coefficient (Wildman–Crippen LogP) is 3.11. The second-order valence-corrected chi connectivity index (χ2v) is 4.73. The Bertz CT molecular complexity index is 438. The van der Waals surface area contributed by atoms with Gasteiger partial charge in [0.2, 0.25) is 0 Å². The molecule has 1 N–H and O–H groups in total. The molecule has 4 heteroatoms. The number of halogens is 2. The highest BCUT2D eigenvalue weighted by Gasteiger charge is 2.48. The first-order chi connectivity index (χ1) is 7.96. The number of carboxylic acids is 1. The van der Waals surface area contributed by atoms with Gasteiger partial charge in [-0.2, -0.15) is 0 Å². The molecule has 2 nitrogen and oxygen atoms in total. The highest BCUT2D eigenvalue weighted by atomic mass is 19.1. The van der Waals surface area contributed by atoms with Gasteiger partial charge in [-0.05, 0) is 36.5 Å². The van der Waals surface area contributed by atoms with Crippen LogP contribution in [-0.4, -0.2) is 11.1 Å². The van der Waals surface area contributed by atoms with E-state index in [1.165, 1.54) is 0 Å². The minimum atomic E-state index is -1.14. The van der Waals surface area contributed by atoms with E-state index in [9.17, 15) is 18.7 Å². The van der Waals surface area contributed by atoms with Crippen molar-refractivity contribution in [2.45, 2.75) is 31.6 Å². The molecular weight excluding hydrogens is 226 g/mol. The first-order valence-corrected chi connectivity index (χ1v) is 5.67. The monoisotopic (exact) mass is 240 g/mol. The summed E-state index contributed by atoms with van der Waals surface area (Å²) in [7, 11) is 0. The maximum absolute atomic E-state index is 13.2. The van der Waals surface area contributed by atoms with Gasteiger partial charge in [0.05, 0.1) is 5.41 Å². The minimum absolute atomic E-state index is 0.110. The van der Waals surface area contributed by atoms with E-state index in [-0.39, 0.29) is 11.5 Å². The average Bonchev–Trinajstić information content (AvgIpc) is 2.59. The standard InChI is InChI=1S/C13H14F2O2/c1-8-3-2-4-13(8,12(16)17)9-5-10(14)7-11(15)6-9/h5-8H,2-4H2,1H3,(H,16,17). The van der Waals surface area contributed by atoms with E-state index in [0.29, 0.717) is 6.42 Å². The molecule has 92 valence electrons. The molecule has 0 aliphatic heterocycles. The molecule has 0 spiro atoms. The van der Waals surface area contributed by atoms with Gasteiger partial charge in [0, 0.05) is 6.07 Å². The second kappa shape index (κ2) is 4.09. The highest BCUT2D eigenvalue weighted by Crippen LogP contribution is 2.46. The van der Waals surface area contributed by atoms with Gasteiger partial charge in [0.25, 0.3) is 0 Å². The molecule has 0 radical (unpaired) electrons. The lowest BCUT2D eigenvalue weighted by atomic mass is 9.73. The smallest absolute Gasteiger partial charge is 0.314 e. The minimum Gasteiger partial charge on any atom is -0.481 e. The van der Waals surface area contributed by atoms with E-state index in [1.54, 1.807) is 0 Å². The lowest BCUT2D eigenvalue weighted by Crippen LogP contribution is -2.38. The molecule has 0 heterocycles. The SMILES string of the molecule is CC1CCCC1(C(=O)O)c1cc(F)cc(F)c1. The van der Waals surface area contributed by atoms with E-state index in [1.807, 2.05) is 6.92 Å². The van der Waals surface area contributed by atoms with Crippen molar-refractivity contribution in [3.63, 3.8) is 0 Å². The molecule has 17 heavy (non-hydrogen) atoms. The van der Waals surface area contributed by atoms with E-state index >= 15 is 0 Å². The van der Waals surface area contributed by atoms with Gasteiger partial charge < -0.3 is 5.11 Å². The fourth-order valence-corrected chi connectivity index (χ4v) is 2.86. The number of carbonyl (C=O) groups is 1. The van der Waals surface area contributed by atoms with Crippen molar-refractivity contribution in [1.82, 2.24) is 0 Å². The fourth-order valence-electron chi connectivity index (χ4n) is 2.86. The normalized spacial score (nSPS) is 28.3. The summed E-state index contributed by atoms with van der Waals surface area (Å²) in [6, 6.07) is 3.04. The van der Waals surface area contributed by atoms with Crippen LogP contribution in [0.15, 0.2) is 18.2 Å². The molecule has 2 unspecified atom stereocenters. The van der Waals surface area contributed by atoms with Gasteiger partial charge in [-0.25, -0.2) is 8.78 Å². The van der Waals surface area contributed by atoms with Crippen LogP contribution >= 0.6 is 0 Å². The predicted molar refractivity (Wildman–Crippen MR) is 58.7 cm³/mol. The third kappa shape index (κ3) is 1.81. The van der Waals surface area contributed by atoms with E-state index in [0.717, 1.165) is 31.0 Å². The molecule has 1 saturated carbocycles. The third-order valence-corrected chi connectivity index (χ3v) is 3.81. The quantitative estimate of drug-likeness (QED) is 0.862. The topological polar surface area (TPSA) is 37.3 Å². The van der Waals surface area contributed by atoms with Crippen molar-refractivity contribution in [1.29, 1.82) is 0 Å². The molecule has 0 amide bonds. The molecule has 2 rings (SSSR count). The van der Waals surface area contributed by atoms with Crippen molar-refractivity contribution >= 4 is 5.97 Å². The molecule has 0 bridgehead atoms. The Morgan fingerprint density at radius 1 is 1.35 bits per heavy atom. The maximum Gasteiger partial charge on any atom is 0.314 e. The Morgan fingerprint density at radius 2 is 1.94 bits per heavy atom. The average molecular weight is 240 g/mol. The molecule has 1 aromatic rings. The number of benzene rings is 1. The number of rotatable bonds is 2. The number of hydrogen-bond acceptors (Lipinski definition) is 1. The number of aliphatic carboxylic acids is 1. The Hall–Kier alpha value is -1.45. The van der Waals surface area contributed by atoms with Crippen LogP contribution in [0.25, 0.3) is 0 Å². The van der Waals surface area contributed by atoms with Crippen LogP contribution in [0, 0.1) is 17.6 Å². The Kier molecular flexibility index (Phi) is 2.89. The second-order valence-electron chi connectivity index (χ2n) is 4.73. The van der Waals surface area contributed by atoms with Gasteiger partial charge in [0.15, 0.2) is 0 Å². The van der Waals surface area contributed by atoms with Gasteiger partial charge in [-0.15, -0.1) is 0 Å². The molecule has 0 saturated heterocycles. The molecule has 1 aliphatic carbocycles. The van der Waals surface area contributed by atoms with E-state index in [4.69, 9.17) is 0 Å². The van der Waals surface area contributed by atoms with Crippen molar-refractivity contribution in [2.24, 2.45) is 5.92 Å². The van der Waals surface area contributed by atoms with Crippen LogP contribution in [0.2, 0.25) is 0 Å². The Morgan fingerprint density at radius 3 is 2.35 bits per heavy atom. The van der Waals surface area contributed by atoms with Gasteiger partial charge in [-0.1, -0.05) is 13.3 Å². The van der Waals surface area contributed by atoms with E-state index < -0.39 is 23.0 Å². The van der Waals surface area contributed by atoms with Gasteiger partial charge in [-0.3, -0.25) is 4.79 Å². The van der Waals surface area contributed by atoms with Crippen molar-refractivity contribution in [3.8, 4) is 0 Å². The zero-order chi connectivity index (χ0) is 12.6. The van der Waals surface area contributed by atoms with Gasteiger partial charge >= 0.3 is 5.97 Å². The van der Waals surface area contributed by atoms with Crippen LogP contribution in [0.3, 0.4) is 0 Å². The molecule has 0 aromatic heterocycles. The third-order valence-electron chi connectivity index (χ3n) is 3.81. The first-order valence-electron chi connectivity index (χ1n) is 5.67. The number of carboxylic acid groups (broad SMARTS) is 1. The van der Waals surface area contributed by atoms with Crippen LogP contribution in [0.4, 0.5) is 8.78 Å². The summed E-state index contributed by atoms with van der Waals surface area (Å²) in [6.45, 7) is 1.82. The van der Waals surface area contributed by atoms with Gasteiger partial charge in [0.1, 0.15) is 11.6 Å². The maximum atomic E-state index is 13.2. The van der Waals surface area contributed by atoms with Crippen LogP contribution in [-0.2, 0) is 10.2 Å². The highest BCUT2D eigenvalue weighted by molar-refractivity contribution is 5.82. The molecular formula is C13H14F2O2. The summed E-state index contributed by atoms with van der Waals surface area (Å²) in [4.78, 5) is 11.5. The largest absolute Gasteiger partial charge is 0.481 e. The number of hydrogen-bond donors (Lipinski definition) is 1. The lowest BCUT2D eigenvalue weighted by molar-refractivity contribution is -0.145.